The van der Waals surface area contributed by atoms with E-state index >= 15 is 0 Å². The first kappa shape index (κ1) is 17.0. The van der Waals surface area contributed by atoms with E-state index in [0.717, 1.165) is 49.8 Å². The predicted octanol–water partition coefficient (Wildman–Crippen LogP) is 6.61. The average Bonchev–Trinajstić information content (AvgIpc) is 3.09. The number of ether oxygens (including phenoxy) is 2. The second-order valence-electron chi connectivity index (χ2n) is 6.72. The lowest BCUT2D eigenvalue weighted by Crippen LogP contribution is -1.95. The van der Waals surface area contributed by atoms with Gasteiger partial charge < -0.3 is 14.0 Å². The zero-order valence-electron chi connectivity index (χ0n) is 15.6. The Morgan fingerprint density at radius 1 is 0.786 bits per heavy atom. The molecule has 4 aromatic carbocycles. The van der Waals surface area contributed by atoms with Gasteiger partial charge in [-0.2, -0.15) is 0 Å². The summed E-state index contributed by atoms with van der Waals surface area (Å²) in [5.74, 6) is 1.66. The number of fused-ring (bicyclic) bond motifs is 4. The van der Waals surface area contributed by atoms with Gasteiger partial charge in [0.1, 0.15) is 11.5 Å². The van der Waals surface area contributed by atoms with Crippen LogP contribution < -0.4 is 9.47 Å². The lowest BCUT2D eigenvalue weighted by atomic mass is 10.1. The number of hydrogen-bond acceptors (Lipinski definition) is 2. The van der Waals surface area contributed by atoms with Gasteiger partial charge in [-0.15, -0.1) is 0 Å². The average molecular weight is 388 g/mol. The van der Waals surface area contributed by atoms with Crippen molar-refractivity contribution in [1.82, 2.24) is 4.57 Å². The number of nitrogens with zero attached hydrogens (tertiary/aromatic N) is 1. The van der Waals surface area contributed by atoms with Gasteiger partial charge in [0, 0.05) is 11.1 Å². The zero-order chi connectivity index (χ0) is 19.3. The van der Waals surface area contributed by atoms with Crippen LogP contribution in [0.3, 0.4) is 0 Å². The molecule has 0 spiro atoms. The molecule has 0 aliphatic carbocycles. The van der Waals surface area contributed by atoms with Crippen molar-refractivity contribution in [2.45, 2.75) is 0 Å². The summed E-state index contributed by atoms with van der Waals surface area (Å²) in [7, 11) is 3.38. The van der Waals surface area contributed by atoms with E-state index in [0.29, 0.717) is 5.02 Å². The van der Waals surface area contributed by atoms with Crippen LogP contribution >= 0.6 is 11.6 Å². The van der Waals surface area contributed by atoms with Gasteiger partial charge in [-0.3, -0.25) is 0 Å². The molecule has 0 bridgehead atoms. The summed E-state index contributed by atoms with van der Waals surface area (Å²) in [4.78, 5) is 0. The molecule has 0 N–H and O–H groups in total. The monoisotopic (exact) mass is 387 g/mol. The van der Waals surface area contributed by atoms with E-state index in [4.69, 9.17) is 21.1 Å². The Morgan fingerprint density at radius 3 is 2.43 bits per heavy atom. The Balaban J connectivity index is 1.91. The van der Waals surface area contributed by atoms with Crippen LogP contribution in [0.4, 0.5) is 0 Å². The largest absolute Gasteiger partial charge is 0.497 e. The maximum atomic E-state index is 6.68. The number of methoxy groups -OCH3 is 2. The number of benzene rings is 4. The van der Waals surface area contributed by atoms with E-state index in [1.165, 1.54) is 0 Å². The van der Waals surface area contributed by atoms with Crippen molar-refractivity contribution in [3.8, 4) is 17.2 Å². The van der Waals surface area contributed by atoms with E-state index in [9.17, 15) is 0 Å². The normalized spacial score (nSPS) is 11.4. The van der Waals surface area contributed by atoms with Crippen LogP contribution in [0.15, 0.2) is 72.8 Å². The van der Waals surface area contributed by atoms with E-state index in [2.05, 4.69) is 47.0 Å². The second-order valence-corrected chi connectivity index (χ2v) is 7.13. The quantitative estimate of drug-likeness (QED) is 0.348. The fourth-order valence-corrected chi connectivity index (χ4v) is 4.19. The molecule has 0 saturated heterocycles. The molecule has 28 heavy (non-hydrogen) atoms. The van der Waals surface area contributed by atoms with Gasteiger partial charge in [0.2, 0.25) is 0 Å². The third-order valence-electron chi connectivity index (χ3n) is 5.24. The Morgan fingerprint density at radius 2 is 1.61 bits per heavy atom. The summed E-state index contributed by atoms with van der Waals surface area (Å²) in [5, 5.41) is 5.10. The third kappa shape index (κ3) is 2.44. The highest BCUT2D eigenvalue weighted by molar-refractivity contribution is 6.37. The van der Waals surface area contributed by atoms with Crippen molar-refractivity contribution in [2.24, 2.45) is 0 Å². The summed E-state index contributed by atoms with van der Waals surface area (Å²) in [6, 6.07) is 24.6. The molecular weight excluding hydrogens is 370 g/mol. The van der Waals surface area contributed by atoms with Crippen molar-refractivity contribution in [1.29, 1.82) is 0 Å². The minimum absolute atomic E-state index is 0.692. The molecule has 5 aromatic rings. The van der Waals surface area contributed by atoms with Crippen LogP contribution in [-0.2, 0) is 0 Å². The van der Waals surface area contributed by atoms with Crippen molar-refractivity contribution < 1.29 is 9.47 Å². The van der Waals surface area contributed by atoms with Crippen molar-refractivity contribution >= 4 is 44.2 Å². The number of halogens is 1. The van der Waals surface area contributed by atoms with Crippen LogP contribution in [0.25, 0.3) is 38.3 Å². The van der Waals surface area contributed by atoms with Gasteiger partial charge in [-0.25, -0.2) is 0 Å². The number of aromatic nitrogens is 1. The van der Waals surface area contributed by atoms with E-state index in [1.807, 2.05) is 30.3 Å². The summed E-state index contributed by atoms with van der Waals surface area (Å²) in [6.07, 6.45) is 0. The molecule has 138 valence electrons. The van der Waals surface area contributed by atoms with Crippen LogP contribution in [0.5, 0.6) is 11.5 Å². The van der Waals surface area contributed by atoms with Gasteiger partial charge in [0.05, 0.1) is 35.7 Å². The molecule has 1 aromatic heterocycles. The van der Waals surface area contributed by atoms with Crippen molar-refractivity contribution in [3.05, 3.63) is 77.8 Å². The Bertz CT molecular complexity index is 1350. The molecule has 0 unspecified atom stereocenters. The summed E-state index contributed by atoms with van der Waals surface area (Å²) >= 11 is 6.68. The highest BCUT2D eigenvalue weighted by Crippen LogP contribution is 2.41. The summed E-state index contributed by atoms with van der Waals surface area (Å²) < 4.78 is 13.3. The number of hydrogen-bond donors (Lipinski definition) is 0. The maximum absolute atomic E-state index is 6.68. The van der Waals surface area contributed by atoms with Gasteiger partial charge in [0.25, 0.3) is 0 Å². The molecule has 4 heteroatoms. The zero-order valence-corrected chi connectivity index (χ0v) is 16.3. The Labute approximate surface area is 167 Å². The lowest BCUT2D eigenvalue weighted by Gasteiger charge is -2.11. The second kappa shape index (κ2) is 6.47. The van der Waals surface area contributed by atoms with Gasteiger partial charge in [-0.05, 0) is 53.2 Å². The van der Waals surface area contributed by atoms with Crippen molar-refractivity contribution in [3.63, 3.8) is 0 Å². The van der Waals surface area contributed by atoms with Crippen LogP contribution in [-0.4, -0.2) is 18.8 Å². The van der Waals surface area contributed by atoms with E-state index in [-0.39, 0.29) is 0 Å². The van der Waals surface area contributed by atoms with Crippen molar-refractivity contribution in [2.75, 3.05) is 14.2 Å². The number of para-hydroxylation sites is 1. The van der Waals surface area contributed by atoms with Gasteiger partial charge >= 0.3 is 0 Å². The van der Waals surface area contributed by atoms with Gasteiger partial charge in [-0.1, -0.05) is 41.9 Å². The molecule has 0 aliphatic rings. The highest BCUT2D eigenvalue weighted by atomic mass is 35.5. The van der Waals surface area contributed by atoms with Crippen LogP contribution in [0.2, 0.25) is 5.02 Å². The predicted molar refractivity (Wildman–Crippen MR) is 116 cm³/mol. The van der Waals surface area contributed by atoms with E-state index < -0.39 is 0 Å². The van der Waals surface area contributed by atoms with Gasteiger partial charge in [0.15, 0.2) is 0 Å². The first-order chi connectivity index (χ1) is 13.7. The minimum atomic E-state index is 0.692. The molecule has 0 aliphatic heterocycles. The molecular formula is C24H18ClNO2. The fourth-order valence-electron chi connectivity index (χ4n) is 3.94. The third-order valence-corrected chi connectivity index (χ3v) is 5.54. The molecule has 3 nitrogen and oxygen atoms in total. The molecule has 0 amide bonds. The highest BCUT2D eigenvalue weighted by Gasteiger charge is 2.18. The first-order valence-electron chi connectivity index (χ1n) is 9.05. The Hall–Kier alpha value is -3.17. The molecule has 0 fully saturated rings. The SMILES string of the molecule is COc1ccc2ccc(-n3c4ccccc4c4c(OC)ccc(Cl)c43)cc2c1. The fraction of sp³-hybridized carbons (Fsp3) is 0.0833. The Kier molecular flexibility index (Phi) is 3.92. The molecule has 1 heterocycles. The smallest absolute Gasteiger partial charge is 0.128 e. The lowest BCUT2D eigenvalue weighted by molar-refractivity contribution is 0.415. The summed E-state index contributed by atoms with van der Waals surface area (Å²) in [5.41, 5.74) is 3.08. The minimum Gasteiger partial charge on any atom is -0.497 e. The standard InChI is InChI=1S/C24H18ClNO2/c1-27-18-10-8-15-7-9-17(13-16(15)14-18)26-21-6-4-3-5-19(21)23-22(28-2)12-11-20(25)24(23)26/h3-14H,1-2H3. The first-order valence-corrected chi connectivity index (χ1v) is 9.43. The molecule has 5 rings (SSSR count). The van der Waals surface area contributed by atoms with Crippen LogP contribution in [0.1, 0.15) is 0 Å². The molecule has 0 radical (unpaired) electrons. The topological polar surface area (TPSA) is 23.4 Å². The molecule has 0 atom stereocenters. The summed E-state index contributed by atoms with van der Waals surface area (Å²) in [6.45, 7) is 0. The maximum Gasteiger partial charge on any atom is 0.128 e. The van der Waals surface area contributed by atoms with E-state index in [1.54, 1.807) is 14.2 Å². The molecule has 0 saturated carbocycles. The number of rotatable bonds is 3. The van der Waals surface area contributed by atoms with Crippen LogP contribution in [0, 0.1) is 0 Å².